The van der Waals surface area contributed by atoms with Gasteiger partial charge < -0.3 is 13.9 Å². The van der Waals surface area contributed by atoms with Crippen LogP contribution in [0.4, 0.5) is 5.69 Å². The lowest BCUT2D eigenvalue weighted by atomic mass is 9.67. The molecule has 0 spiro atoms. The Morgan fingerprint density at radius 1 is 0.818 bits per heavy atom. The van der Waals surface area contributed by atoms with E-state index in [1.165, 1.54) is 0 Å². The minimum absolute atomic E-state index is 0.0286. The molecule has 0 N–H and O–H groups in total. The number of aryl methyl sites for hydroxylation is 1. The first-order valence-electron chi connectivity index (χ1n) is 14.9. The molecule has 0 saturated heterocycles. The summed E-state index contributed by atoms with van der Waals surface area (Å²) in [5.74, 6) is -0.345. The first-order chi connectivity index (χ1) is 21.3. The van der Waals surface area contributed by atoms with Crippen LogP contribution in [0.25, 0.3) is 22.2 Å². The smallest absolute Gasteiger partial charge is 0.315 e. The van der Waals surface area contributed by atoms with Crippen LogP contribution in [-0.2, 0) is 30.9 Å². The Balaban J connectivity index is 1.56. The first-order valence-corrected chi connectivity index (χ1v) is 14.9. The van der Waals surface area contributed by atoms with Crippen molar-refractivity contribution in [3.63, 3.8) is 0 Å². The van der Waals surface area contributed by atoms with E-state index < -0.39 is 5.41 Å². The fraction of sp³-hybridized carbons (Fsp3) is 0.243. The summed E-state index contributed by atoms with van der Waals surface area (Å²) in [5.41, 5.74) is 9.74. The SMILES string of the molecule is CCOC(=O)CC(C)=Nc1cc(C2(c3ccc4oc(CC(=O)OCC)nc4c3)c3ccccc3-c3ccccc32)ccc1C. The van der Waals surface area contributed by atoms with Crippen LogP contribution in [0, 0.1) is 6.92 Å². The molecule has 1 aromatic heterocycles. The third-order valence-electron chi connectivity index (χ3n) is 8.08. The van der Waals surface area contributed by atoms with Crippen molar-refractivity contribution in [2.75, 3.05) is 13.2 Å². The molecule has 4 aromatic carbocycles. The molecule has 0 fully saturated rings. The van der Waals surface area contributed by atoms with Crippen LogP contribution in [-0.4, -0.2) is 35.8 Å². The number of hydrogen-bond donors (Lipinski definition) is 0. The predicted molar refractivity (Wildman–Crippen MR) is 170 cm³/mol. The van der Waals surface area contributed by atoms with E-state index in [0.717, 1.165) is 44.6 Å². The number of rotatable bonds is 9. The number of esters is 2. The highest BCUT2D eigenvalue weighted by molar-refractivity contribution is 5.99. The summed E-state index contributed by atoms with van der Waals surface area (Å²) >= 11 is 0. The summed E-state index contributed by atoms with van der Waals surface area (Å²) < 4.78 is 16.2. The molecule has 44 heavy (non-hydrogen) atoms. The van der Waals surface area contributed by atoms with E-state index in [1.54, 1.807) is 13.8 Å². The lowest BCUT2D eigenvalue weighted by Crippen LogP contribution is -2.28. The molecule has 1 aliphatic rings. The predicted octanol–water partition coefficient (Wildman–Crippen LogP) is 7.65. The molecule has 0 bridgehead atoms. The van der Waals surface area contributed by atoms with Gasteiger partial charge in [0.15, 0.2) is 5.58 Å². The molecule has 0 amide bonds. The summed E-state index contributed by atoms with van der Waals surface area (Å²) in [6.45, 7) is 8.09. The quantitative estimate of drug-likeness (QED) is 0.128. The highest BCUT2D eigenvalue weighted by Crippen LogP contribution is 2.56. The molecule has 0 radical (unpaired) electrons. The maximum absolute atomic E-state index is 12.2. The number of fused-ring (bicyclic) bond motifs is 4. The van der Waals surface area contributed by atoms with E-state index in [2.05, 4.69) is 83.8 Å². The fourth-order valence-electron chi connectivity index (χ4n) is 6.27. The van der Waals surface area contributed by atoms with Gasteiger partial charge in [0.25, 0.3) is 0 Å². The minimum Gasteiger partial charge on any atom is -0.466 e. The number of ether oxygens (including phenoxy) is 2. The molecule has 0 aliphatic heterocycles. The van der Waals surface area contributed by atoms with Crippen molar-refractivity contribution in [2.24, 2.45) is 4.99 Å². The zero-order valence-electron chi connectivity index (χ0n) is 25.3. The second kappa shape index (κ2) is 11.9. The highest BCUT2D eigenvalue weighted by Gasteiger charge is 2.46. The summed E-state index contributed by atoms with van der Waals surface area (Å²) in [5, 5.41) is 0. The Hall–Kier alpha value is -5.04. The molecule has 0 unspecified atom stereocenters. The molecule has 0 saturated carbocycles. The average molecular weight is 587 g/mol. The van der Waals surface area contributed by atoms with Crippen molar-refractivity contribution in [1.29, 1.82) is 0 Å². The Bertz CT molecular complexity index is 1870. The number of hydrogen-bond acceptors (Lipinski definition) is 7. The molecular formula is C37H34N2O5. The summed E-state index contributed by atoms with van der Waals surface area (Å²) in [7, 11) is 0. The molecule has 6 rings (SSSR count). The van der Waals surface area contributed by atoms with Crippen LogP contribution in [0.15, 0.2) is 94.3 Å². The Morgan fingerprint density at radius 3 is 2.11 bits per heavy atom. The molecular weight excluding hydrogens is 552 g/mol. The van der Waals surface area contributed by atoms with E-state index in [9.17, 15) is 9.59 Å². The van der Waals surface area contributed by atoms with Crippen LogP contribution < -0.4 is 0 Å². The summed E-state index contributed by atoms with van der Waals surface area (Å²) in [4.78, 5) is 33.9. The van der Waals surface area contributed by atoms with Crippen molar-refractivity contribution in [1.82, 2.24) is 4.98 Å². The molecule has 1 aliphatic carbocycles. The monoisotopic (exact) mass is 586 g/mol. The van der Waals surface area contributed by atoms with Crippen LogP contribution in [0.3, 0.4) is 0 Å². The third-order valence-corrected chi connectivity index (χ3v) is 8.08. The van der Waals surface area contributed by atoms with Crippen LogP contribution in [0.2, 0.25) is 0 Å². The van der Waals surface area contributed by atoms with Crippen molar-refractivity contribution >= 4 is 34.4 Å². The van der Waals surface area contributed by atoms with Crippen molar-refractivity contribution < 1.29 is 23.5 Å². The van der Waals surface area contributed by atoms with Gasteiger partial charge in [0, 0.05) is 5.71 Å². The molecule has 1 heterocycles. The van der Waals surface area contributed by atoms with Crippen LogP contribution in [0.1, 0.15) is 60.9 Å². The van der Waals surface area contributed by atoms with E-state index in [4.69, 9.17) is 18.9 Å². The van der Waals surface area contributed by atoms with E-state index in [1.807, 2.05) is 19.9 Å². The van der Waals surface area contributed by atoms with Gasteiger partial charge in [-0.05, 0) is 84.8 Å². The second-order valence-electron chi connectivity index (χ2n) is 10.9. The maximum Gasteiger partial charge on any atom is 0.315 e. The number of benzene rings is 4. The van der Waals surface area contributed by atoms with Gasteiger partial charge >= 0.3 is 11.9 Å². The van der Waals surface area contributed by atoms with Gasteiger partial charge in [-0.25, -0.2) is 4.98 Å². The standard InChI is InChI=1S/C37H34N2O5/c1-5-42-35(40)19-24(4)38-31-20-25(16-15-23(31)3)37(29-13-9-7-11-27(29)28-12-8-10-14-30(28)37)26-17-18-33-32(21-26)39-34(44-33)22-36(41)43-6-2/h7-18,20-21H,5-6,19,22H2,1-4H3. The largest absolute Gasteiger partial charge is 0.466 e. The summed E-state index contributed by atoms with van der Waals surface area (Å²) in [6, 6.07) is 29.4. The number of aromatic nitrogens is 1. The highest BCUT2D eigenvalue weighted by atomic mass is 16.5. The Kier molecular flexibility index (Phi) is 7.87. The van der Waals surface area contributed by atoms with Crippen LogP contribution >= 0.6 is 0 Å². The lowest BCUT2D eigenvalue weighted by molar-refractivity contribution is -0.143. The topological polar surface area (TPSA) is 91.0 Å². The third kappa shape index (κ3) is 5.08. The number of nitrogens with zero attached hydrogens (tertiary/aromatic N) is 2. The number of carbonyl (C=O) groups is 2. The fourth-order valence-corrected chi connectivity index (χ4v) is 6.27. The lowest BCUT2D eigenvalue weighted by Gasteiger charge is -2.34. The molecule has 5 aromatic rings. The van der Waals surface area contributed by atoms with E-state index in [0.29, 0.717) is 35.9 Å². The zero-order valence-corrected chi connectivity index (χ0v) is 25.3. The van der Waals surface area contributed by atoms with Crippen molar-refractivity contribution in [2.45, 2.75) is 46.0 Å². The minimum atomic E-state index is -0.686. The maximum atomic E-state index is 12.2. The van der Waals surface area contributed by atoms with E-state index >= 15 is 0 Å². The molecule has 0 atom stereocenters. The van der Waals surface area contributed by atoms with Crippen molar-refractivity contribution in [3.05, 3.63) is 119 Å². The van der Waals surface area contributed by atoms with Crippen LogP contribution in [0.5, 0.6) is 0 Å². The zero-order chi connectivity index (χ0) is 30.8. The average Bonchev–Trinajstić information content (AvgIpc) is 3.54. The normalized spacial score (nSPS) is 13.4. The van der Waals surface area contributed by atoms with Gasteiger partial charge in [-0.15, -0.1) is 0 Å². The number of carbonyl (C=O) groups excluding carboxylic acids is 2. The number of aliphatic imine (C=N–C) groups is 1. The van der Waals surface area contributed by atoms with Crippen molar-refractivity contribution in [3.8, 4) is 11.1 Å². The summed E-state index contributed by atoms with van der Waals surface area (Å²) in [6.07, 6.45) is 0.102. The molecule has 7 heteroatoms. The number of oxazole rings is 1. The van der Waals surface area contributed by atoms with Gasteiger partial charge in [-0.3, -0.25) is 14.6 Å². The second-order valence-corrected chi connectivity index (χ2v) is 10.9. The van der Waals surface area contributed by atoms with Gasteiger partial charge in [0.05, 0.1) is 30.7 Å². The van der Waals surface area contributed by atoms with Gasteiger partial charge in [-0.1, -0.05) is 66.7 Å². The van der Waals surface area contributed by atoms with Gasteiger partial charge in [-0.2, -0.15) is 0 Å². The van der Waals surface area contributed by atoms with E-state index in [-0.39, 0.29) is 24.8 Å². The Labute approximate surface area is 256 Å². The first kappa shape index (κ1) is 29.1. The van der Waals surface area contributed by atoms with Gasteiger partial charge in [0.1, 0.15) is 11.9 Å². The Morgan fingerprint density at radius 2 is 1.43 bits per heavy atom. The molecule has 7 nitrogen and oxygen atoms in total. The van der Waals surface area contributed by atoms with Gasteiger partial charge in [0.2, 0.25) is 5.89 Å². The molecule has 222 valence electrons.